The molecule has 130 valence electrons. The zero-order valence-corrected chi connectivity index (χ0v) is 15.7. The molecule has 0 radical (unpaired) electrons. The third-order valence-electron chi connectivity index (χ3n) is 4.60. The van der Waals surface area contributed by atoms with Crippen molar-refractivity contribution in [3.05, 3.63) is 64.2 Å². The molecule has 0 aliphatic carbocycles. The molecule has 0 aliphatic heterocycles. The number of carbonyl (C=O) groups excluding carboxylic acids is 1. The number of nitrogens with zero attached hydrogens (tertiary/aromatic N) is 1. The van der Waals surface area contributed by atoms with E-state index in [1.807, 2.05) is 29.6 Å². The normalized spacial score (nSPS) is 11.2. The molecule has 1 amide bonds. The molecule has 0 atom stereocenters. The van der Waals surface area contributed by atoms with E-state index in [2.05, 4.69) is 37.9 Å². The van der Waals surface area contributed by atoms with Crippen LogP contribution in [0.25, 0.3) is 32.7 Å². The molecule has 4 rings (SSSR count). The number of para-hydroxylation sites is 1. The van der Waals surface area contributed by atoms with Crippen molar-refractivity contribution < 1.29 is 4.79 Å². The fourth-order valence-corrected chi connectivity index (χ4v) is 4.51. The summed E-state index contributed by atoms with van der Waals surface area (Å²) in [4.78, 5) is 19.9. The van der Waals surface area contributed by atoms with Gasteiger partial charge in [-0.1, -0.05) is 35.9 Å². The highest BCUT2D eigenvalue weighted by atomic mass is 32.1. The summed E-state index contributed by atoms with van der Waals surface area (Å²) in [6.45, 7) is 6.31. The molecule has 0 bridgehead atoms. The van der Waals surface area contributed by atoms with Gasteiger partial charge in [-0.2, -0.15) is 0 Å². The molecule has 2 aromatic heterocycles. The Labute approximate surface area is 155 Å². The minimum absolute atomic E-state index is 0.407. The third-order valence-corrected chi connectivity index (χ3v) is 5.46. The van der Waals surface area contributed by atoms with Gasteiger partial charge < -0.3 is 10.7 Å². The van der Waals surface area contributed by atoms with Crippen molar-refractivity contribution >= 4 is 28.1 Å². The predicted molar refractivity (Wildman–Crippen MR) is 108 cm³/mol. The van der Waals surface area contributed by atoms with E-state index in [0.717, 1.165) is 32.7 Å². The van der Waals surface area contributed by atoms with Gasteiger partial charge in [-0.15, -0.1) is 11.3 Å². The molecule has 4 nitrogen and oxygen atoms in total. The molecule has 2 heterocycles. The summed E-state index contributed by atoms with van der Waals surface area (Å²) in [5, 5.41) is 3.80. The number of aromatic nitrogens is 2. The monoisotopic (exact) mass is 361 g/mol. The summed E-state index contributed by atoms with van der Waals surface area (Å²) in [5.74, 6) is -0.476. The lowest BCUT2D eigenvalue weighted by atomic mass is 9.98. The molecule has 2 aromatic carbocycles. The number of hydrogen-bond donors (Lipinski definition) is 2. The van der Waals surface area contributed by atoms with E-state index in [1.165, 1.54) is 28.0 Å². The van der Waals surface area contributed by atoms with Crippen LogP contribution in [-0.2, 0) is 0 Å². The summed E-state index contributed by atoms with van der Waals surface area (Å²) in [6, 6.07) is 12.1. The Morgan fingerprint density at radius 3 is 2.46 bits per heavy atom. The fraction of sp³-hybridized carbons (Fsp3) is 0.143. The first-order valence-corrected chi connectivity index (χ1v) is 9.28. The van der Waals surface area contributed by atoms with Crippen LogP contribution in [0.4, 0.5) is 0 Å². The number of fused-ring (bicyclic) bond motifs is 1. The molecule has 0 spiro atoms. The highest BCUT2D eigenvalue weighted by molar-refractivity contribution is 7.13. The van der Waals surface area contributed by atoms with Gasteiger partial charge in [0.15, 0.2) is 0 Å². The van der Waals surface area contributed by atoms with Gasteiger partial charge >= 0.3 is 0 Å². The topological polar surface area (TPSA) is 71.8 Å². The van der Waals surface area contributed by atoms with Gasteiger partial charge in [0.2, 0.25) is 0 Å². The second kappa shape index (κ2) is 6.11. The van der Waals surface area contributed by atoms with E-state index in [9.17, 15) is 4.79 Å². The maximum Gasteiger partial charge on any atom is 0.265 e. The number of amides is 1. The number of carbonyl (C=O) groups is 1. The summed E-state index contributed by atoms with van der Waals surface area (Å²) in [6.07, 6.45) is 0. The number of primary amides is 1. The molecule has 26 heavy (non-hydrogen) atoms. The van der Waals surface area contributed by atoms with Gasteiger partial charge in [0.25, 0.3) is 5.91 Å². The van der Waals surface area contributed by atoms with Gasteiger partial charge in [-0.3, -0.25) is 4.79 Å². The molecule has 5 heteroatoms. The van der Waals surface area contributed by atoms with Crippen molar-refractivity contribution in [1.29, 1.82) is 0 Å². The standard InChI is InChI=1S/C21H19N3OS/c1-11-8-12(2)17(13(3)9-11)16-10-26-21(24-16)18-14-6-4-5-7-15(14)23-19(18)20(22)25/h4-10,23H,1-3H3,(H2,22,25). The highest BCUT2D eigenvalue weighted by Crippen LogP contribution is 2.37. The average molecular weight is 361 g/mol. The summed E-state index contributed by atoms with van der Waals surface area (Å²) >= 11 is 1.53. The lowest BCUT2D eigenvalue weighted by Gasteiger charge is -2.08. The zero-order valence-electron chi connectivity index (χ0n) is 14.9. The maximum atomic E-state index is 12.0. The van der Waals surface area contributed by atoms with Crippen molar-refractivity contribution in [1.82, 2.24) is 9.97 Å². The number of aromatic amines is 1. The van der Waals surface area contributed by atoms with Crippen LogP contribution in [0, 0.1) is 20.8 Å². The van der Waals surface area contributed by atoms with E-state index in [1.54, 1.807) is 0 Å². The number of thiazole rings is 1. The maximum absolute atomic E-state index is 12.0. The van der Waals surface area contributed by atoms with Crippen molar-refractivity contribution in [3.8, 4) is 21.8 Å². The van der Waals surface area contributed by atoms with Crippen LogP contribution in [0.1, 0.15) is 27.2 Å². The summed E-state index contributed by atoms with van der Waals surface area (Å²) in [5.41, 5.74) is 13.4. The van der Waals surface area contributed by atoms with Crippen molar-refractivity contribution in [2.45, 2.75) is 20.8 Å². The second-order valence-corrected chi connectivity index (χ2v) is 7.45. The van der Waals surface area contributed by atoms with Crippen LogP contribution < -0.4 is 5.73 Å². The molecule has 0 saturated heterocycles. The van der Waals surface area contributed by atoms with E-state index < -0.39 is 5.91 Å². The second-order valence-electron chi connectivity index (χ2n) is 6.60. The van der Waals surface area contributed by atoms with E-state index >= 15 is 0 Å². The molecule has 0 saturated carbocycles. The predicted octanol–water partition coefficient (Wildman–Crippen LogP) is 4.98. The molecular formula is C21H19N3OS. The Balaban J connectivity index is 1.92. The van der Waals surface area contributed by atoms with Gasteiger partial charge in [0.05, 0.1) is 5.69 Å². The smallest absolute Gasteiger partial charge is 0.265 e. The summed E-state index contributed by atoms with van der Waals surface area (Å²) < 4.78 is 0. The number of nitrogens with one attached hydrogen (secondary N) is 1. The van der Waals surface area contributed by atoms with Gasteiger partial charge in [-0.05, 0) is 38.0 Å². The molecular weight excluding hydrogens is 342 g/mol. The zero-order chi connectivity index (χ0) is 18.4. The Morgan fingerprint density at radius 2 is 1.77 bits per heavy atom. The number of benzene rings is 2. The van der Waals surface area contributed by atoms with Gasteiger partial charge in [0.1, 0.15) is 10.7 Å². The van der Waals surface area contributed by atoms with Gasteiger partial charge in [0, 0.05) is 27.4 Å². The fourth-order valence-electron chi connectivity index (χ4n) is 3.64. The van der Waals surface area contributed by atoms with Crippen LogP contribution in [0.3, 0.4) is 0 Å². The largest absolute Gasteiger partial charge is 0.364 e. The average Bonchev–Trinajstić information content (AvgIpc) is 3.18. The van der Waals surface area contributed by atoms with Crippen LogP contribution in [-0.4, -0.2) is 15.9 Å². The van der Waals surface area contributed by atoms with E-state index in [4.69, 9.17) is 10.7 Å². The molecule has 3 N–H and O–H groups in total. The van der Waals surface area contributed by atoms with Crippen molar-refractivity contribution in [3.63, 3.8) is 0 Å². The van der Waals surface area contributed by atoms with Crippen LogP contribution >= 0.6 is 11.3 Å². The number of H-pyrrole nitrogens is 1. The first-order valence-electron chi connectivity index (χ1n) is 8.40. The van der Waals surface area contributed by atoms with Crippen molar-refractivity contribution in [2.75, 3.05) is 0 Å². The molecule has 0 fully saturated rings. The number of nitrogens with two attached hydrogens (primary N) is 1. The minimum atomic E-state index is -0.476. The van der Waals surface area contributed by atoms with Crippen LogP contribution in [0.2, 0.25) is 0 Å². The van der Waals surface area contributed by atoms with Crippen molar-refractivity contribution in [2.24, 2.45) is 5.73 Å². The summed E-state index contributed by atoms with van der Waals surface area (Å²) in [7, 11) is 0. The van der Waals surface area contributed by atoms with Crippen LogP contribution in [0.15, 0.2) is 41.8 Å². The van der Waals surface area contributed by atoms with E-state index in [-0.39, 0.29) is 0 Å². The first kappa shape index (κ1) is 16.5. The molecule has 0 aliphatic rings. The highest BCUT2D eigenvalue weighted by Gasteiger charge is 2.20. The van der Waals surface area contributed by atoms with Crippen LogP contribution in [0.5, 0.6) is 0 Å². The lowest BCUT2D eigenvalue weighted by molar-refractivity contribution is 0.0997. The first-order chi connectivity index (χ1) is 12.5. The Bertz CT molecular complexity index is 1130. The molecule has 4 aromatic rings. The number of rotatable bonds is 3. The van der Waals surface area contributed by atoms with E-state index in [0.29, 0.717) is 5.69 Å². The molecule has 0 unspecified atom stereocenters. The third kappa shape index (κ3) is 2.61. The SMILES string of the molecule is Cc1cc(C)c(-c2csc(-c3c(C(N)=O)[nH]c4ccccc34)n2)c(C)c1. The number of aryl methyl sites for hydroxylation is 3. The number of hydrogen-bond acceptors (Lipinski definition) is 3. The lowest BCUT2D eigenvalue weighted by Crippen LogP contribution is -2.12. The minimum Gasteiger partial charge on any atom is -0.364 e. The Morgan fingerprint density at radius 1 is 1.08 bits per heavy atom. The Kier molecular flexibility index (Phi) is 3.89. The van der Waals surface area contributed by atoms with Gasteiger partial charge in [-0.25, -0.2) is 4.98 Å². The Hall–Kier alpha value is -2.92. The quantitative estimate of drug-likeness (QED) is 0.540.